The van der Waals surface area contributed by atoms with Crippen LogP contribution in [0, 0.1) is 5.92 Å². The lowest BCUT2D eigenvalue weighted by Crippen LogP contribution is -2.76. The Bertz CT molecular complexity index is 1040. The van der Waals surface area contributed by atoms with Gasteiger partial charge in [0, 0.05) is 24.6 Å². The number of rotatable bonds is 11. The summed E-state index contributed by atoms with van der Waals surface area (Å²) < 4.78 is 11.1. The number of piperidine rings is 1. The molecule has 3 aliphatic carbocycles. The lowest BCUT2D eigenvalue weighted by molar-refractivity contribution is -0.188. The molecule has 1 aromatic carbocycles. The van der Waals surface area contributed by atoms with Crippen LogP contribution < -0.4 is 4.74 Å². The molecule has 1 unspecified atom stereocenters. The normalized spacial score (nSPS) is 32.2. The van der Waals surface area contributed by atoms with Crippen molar-refractivity contribution < 1.29 is 29.3 Å². The topological polar surface area (TPSA) is 96.3 Å². The average Bonchev–Trinajstić information content (AvgIpc) is 3.59. The maximum Gasteiger partial charge on any atom is 0.505 e. The largest absolute Gasteiger partial charge is 0.505 e. The van der Waals surface area contributed by atoms with Gasteiger partial charge in [-0.15, -0.1) is 0 Å². The van der Waals surface area contributed by atoms with Crippen molar-refractivity contribution in [3.8, 4) is 5.75 Å². The zero-order valence-corrected chi connectivity index (χ0v) is 21.2. The number of aliphatic hydroxyl groups is 1. The number of likely N-dealkylation sites (tertiary alicyclic amines) is 1. The summed E-state index contributed by atoms with van der Waals surface area (Å²) in [5, 5.41) is 20.9. The van der Waals surface area contributed by atoms with E-state index in [2.05, 4.69) is 21.8 Å². The summed E-state index contributed by atoms with van der Waals surface area (Å²) in [5.41, 5.74) is 2.16. The molecule has 1 spiro atoms. The van der Waals surface area contributed by atoms with Crippen LogP contribution in [0.1, 0.15) is 87.3 Å². The third-order valence-electron chi connectivity index (χ3n) is 9.73. The third kappa shape index (κ3) is 3.85. The summed E-state index contributed by atoms with van der Waals surface area (Å²) in [6, 6.07) is 4.55. The molecular formula is C29H39NO6. The van der Waals surface area contributed by atoms with E-state index in [1.807, 2.05) is 0 Å². The molecule has 0 amide bonds. The van der Waals surface area contributed by atoms with Crippen molar-refractivity contribution in [2.75, 3.05) is 19.7 Å². The van der Waals surface area contributed by atoms with E-state index >= 15 is 0 Å². The van der Waals surface area contributed by atoms with Crippen molar-refractivity contribution >= 4 is 11.9 Å². The Morgan fingerprint density at radius 3 is 2.67 bits per heavy atom. The smallest absolute Gasteiger partial charge is 0.481 e. The van der Waals surface area contributed by atoms with Crippen LogP contribution in [0.3, 0.4) is 0 Å². The molecule has 2 bridgehead atoms. The van der Waals surface area contributed by atoms with E-state index in [4.69, 9.17) is 9.84 Å². The van der Waals surface area contributed by atoms with Crippen LogP contribution in [-0.4, -0.2) is 64.5 Å². The zero-order chi connectivity index (χ0) is 24.9. The number of Topliss-reactive ketones (excluding diaryl/α,β-unsaturated/α-hetero) is 1. The number of nitrogens with zero attached hydrogens (tertiary/aromatic N) is 1. The molecule has 0 radical (unpaired) electrons. The molecule has 2 saturated carbocycles. The molecule has 7 heteroatoms. The average molecular weight is 498 g/mol. The number of carbonyl (C=O) groups excluding carboxylic acids is 1. The number of ketones is 1. The number of aryl methyl sites for hydroxylation is 1. The summed E-state index contributed by atoms with van der Waals surface area (Å²) in [5.74, 6) is 1.85. The Hall–Kier alpha value is -2.12. The van der Waals surface area contributed by atoms with Crippen molar-refractivity contribution in [2.45, 2.75) is 107 Å². The summed E-state index contributed by atoms with van der Waals surface area (Å²) >= 11 is 0. The molecule has 1 saturated heterocycles. The Balaban J connectivity index is 1.16. The van der Waals surface area contributed by atoms with Crippen LogP contribution in [0.5, 0.6) is 5.75 Å². The quantitative estimate of drug-likeness (QED) is 0.346. The minimum atomic E-state index is -1.20. The highest BCUT2D eigenvalue weighted by atomic mass is 16.7. The number of hydrogen-bond donors (Lipinski definition) is 2. The molecule has 2 heterocycles. The fraction of sp³-hybridized carbons (Fsp3) is 0.724. The predicted octanol–water partition coefficient (Wildman–Crippen LogP) is 4.40. The van der Waals surface area contributed by atoms with Crippen LogP contribution in [0.2, 0.25) is 0 Å². The van der Waals surface area contributed by atoms with Gasteiger partial charge in [-0.25, -0.2) is 4.79 Å². The van der Waals surface area contributed by atoms with Gasteiger partial charge in [0.25, 0.3) is 0 Å². The Kier molecular flexibility index (Phi) is 6.27. The Labute approximate surface area is 213 Å². The van der Waals surface area contributed by atoms with E-state index in [0.29, 0.717) is 12.8 Å². The molecule has 36 heavy (non-hydrogen) atoms. The van der Waals surface area contributed by atoms with Gasteiger partial charge < -0.3 is 19.7 Å². The standard InChI is InChI=1S/C29H39NO6/c31-22-12-13-29(34)23-17-21-11-10-20(7-5-3-1-2-4-6-16-35-27(32)33)25-24(21)28(29,26(22)36-25)14-15-30(23)18-19-8-9-19/h10-11,19,23,26,34H,1-9,12-18H2,(H,32,33)/t23?,26-,28-,29+/m0/s1. The molecule has 0 aromatic heterocycles. The van der Waals surface area contributed by atoms with Crippen molar-refractivity contribution in [1.29, 1.82) is 0 Å². The third-order valence-corrected chi connectivity index (χ3v) is 9.73. The number of hydrogen-bond acceptors (Lipinski definition) is 6. The minimum absolute atomic E-state index is 0.0799. The molecule has 2 N–H and O–H groups in total. The summed E-state index contributed by atoms with van der Waals surface area (Å²) in [6.07, 6.45) is 10.5. The van der Waals surface area contributed by atoms with Crippen molar-refractivity contribution in [3.05, 3.63) is 28.8 Å². The number of unbranched alkanes of at least 4 members (excludes halogenated alkanes) is 5. The zero-order valence-electron chi connectivity index (χ0n) is 21.2. The van der Waals surface area contributed by atoms with Gasteiger partial charge in [-0.3, -0.25) is 9.69 Å². The first-order valence-corrected chi connectivity index (χ1v) is 14.1. The number of carboxylic acid groups (broad SMARTS) is 1. The van der Waals surface area contributed by atoms with Gasteiger partial charge >= 0.3 is 6.16 Å². The number of carbonyl (C=O) groups is 2. The number of ether oxygens (including phenoxy) is 2. The molecule has 1 aromatic rings. The van der Waals surface area contributed by atoms with Gasteiger partial charge in [0.1, 0.15) is 5.75 Å². The highest BCUT2D eigenvalue weighted by molar-refractivity contribution is 5.89. The van der Waals surface area contributed by atoms with Gasteiger partial charge in [-0.1, -0.05) is 37.8 Å². The SMILES string of the molecule is O=C(O)OCCCCCCCCc1ccc2c3c1O[C@H]1C(=O)CC[C@@]4(O)C(C2)N(CC2CC2)CC[C@]314. The van der Waals surface area contributed by atoms with Crippen LogP contribution in [0.25, 0.3) is 0 Å². The second-order valence-corrected chi connectivity index (χ2v) is 11.8. The van der Waals surface area contributed by atoms with E-state index in [1.54, 1.807) is 0 Å². The van der Waals surface area contributed by atoms with Crippen LogP contribution in [-0.2, 0) is 27.8 Å². The van der Waals surface area contributed by atoms with Crippen LogP contribution in [0.4, 0.5) is 4.79 Å². The van der Waals surface area contributed by atoms with Gasteiger partial charge in [0.2, 0.25) is 0 Å². The van der Waals surface area contributed by atoms with Gasteiger partial charge in [-0.2, -0.15) is 0 Å². The minimum Gasteiger partial charge on any atom is -0.481 e. The maximum atomic E-state index is 13.2. The van der Waals surface area contributed by atoms with Crippen LogP contribution in [0.15, 0.2) is 12.1 Å². The van der Waals surface area contributed by atoms with Crippen LogP contribution >= 0.6 is 0 Å². The molecule has 5 aliphatic rings. The first kappa shape index (κ1) is 24.2. The molecule has 6 rings (SSSR count). The lowest BCUT2D eigenvalue weighted by Gasteiger charge is -2.62. The molecule has 3 fully saturated rings. The van der Waals surface area contributed by atoms with E-state index < -0.39 is 23.3 Å². The fourth-order valence-corrected chi connectivity index (χ4v) is 7.81. The van der Waals surface area contributed by atoms with Crippen molar-refractivity contribution in [2.24, 2.45) is 5.92 Å². The van der Waals surface area contributed by atoms with Gasteiger partial charge in [0.15, 0.2) is 11.9 Å². The van der Waals surface area contributed by atoms with Crippen molar-refractivity contribution in [1.82, 2.24) is 4.90 Å². The number of benzene rings is 1. The van der Waals surface area contributed by atoms with E-state index in [9.17, 15) is 14.7 Å². The summed E-state index contributed by atoms with van der Waals surface area (Å²) in [4.78, 5) is 26.1. The molecule has 2 aliphatic heterocycles. The summed E-state index contributed by atoms with van der Waals surface area (Å²) in [7, 11) is 0. The Morgan fingerprint density at radius 2 is 1.89 bits per heavy atom. The highest BCUT2D eigenvalue weighted by Gasteiger charge is 2.73. The van der Waals surface area contributed by atoms with E-state index in [1.165, 1.54) is 29.5 Å². The molecule has 7 nitrogen and oxygen atoms in total. The van der Waals surface area contributed by atoms with Gasteiger partial charge in [0.05, 0.1) is 17.6 Å². The predicted molar refractivity (Wildman–Crippen MR) is 134 cm³/mol. The molecule has 4 atom stereocenters. The van der Waals surface area contributed by atoms with E-state index in [0.717, 1.165) is 82.5 Å². The maximum absolute atomic E-state index is 13.2. The summed E-state index contributed by atoms with van der Waals surface area (Å²) in [6.45, 7) is 2.30. The molecule has 196 valence electrons. The first-order chi connectivity index (χ1) is 17.4. The van der Waals surface area contributed by atoms with Crippen molar-refractivity contribution in [3.63, 3.8) is 0 Å². The lowest BCUT2D eigenvalue weighted by atomic mass is 9.49. The molecular weight excluding hydrogens is 458 g/mol. The van der Waals surface area contributed by atoms with Gasteiger partial charge in [-0.05, 0) is 75.0 Å². The monoisotopic (exact) mass is 497 g/mol. The van der Waals surface area contributed by atoms with E-state index in [-0.39, 0.29) is 18.4 Å². The Morgan fingerprint density at radius 1 is 1.11 bits per heavy atom. The second-order valence-electron chi connectivity index (χ2n) is 11.8. The fourth-order valence-electron chi connectivity index (χ4n) is 7.81. The highest BCUT2D eigenvalue weighted by Crippen LogP contribution is 2.64. The first-order valence-electron chi connectivity index (χ1n) is 14.1. The second kappa shape index (κ2) is 9.32.